The maximum absolute atomic E-state index is 12.2. The van der Waals surface area contributed by atoms with Crippen molar-refractivity contribution in [3.8, 4) is 12.3 Å². The summed E-state index contributed by atoms with van der Waals surface area (Å²) < 4.78 is 5.51. The van der Waals surface area contributed by atoms with Gasteiger partial charge in [-0.15, -0.1) is 12.3 Å². The minimum Gasteiger partial charge on any atom is -0.368 e. The number of carbonyl (C=O) groups is 2. The van der Waals surface area contributed by atoms with Gasteiger partial charge in [-0.05, 0) is 17.5 Å². The molecule has 0 aliphatic carbocycles. The summed E-state index contributed by atoms with van der Waals surface area (Å²) in [5.74, 6) is 1.28. The minimum absolute atomic E-state index is 0.0649. The van der Waals surface area contributed by atoms with E-state index in [1.165, 1.54) is 0 Å². The topological polar surface area (TPSA) is 81.4 Å². The van der Waals surface area contributed by atoms with Crippen molar-refractivity contribution in [1.82, 2.24) is 5.32 Å². The zero-order chi connectivity index (χ0) is 14.5. The van der Waals surface area contributed by atoms with Crippen LogP contribution >= 0.6 is 0 Å². The van der Waals surface area contributed by atoms with E-state index in [4.69, 9.17) is 16.9 Å². The van der Waals surface area contributed by atoms with Crippen LogP contribution in [0.1, 0.15) is 23.7 Å². The van der Waals surface area contributed by atoms with Gasteiger partial charge in [0.25, 0.3) is 5.91 Å². The Morgan fingerprint density at radius 1 is 1.50 bits per heavy atom. The Hall–Kier alpha value is -2.32. The van der Waals surface area contributed by atoms with Gasteiger partial charge in [0.2, 0.25) is 5.91 Å². The van der Waals surface area contributed by atoms with E-state index < -0.39 is 24.0 Å². The monoisotopic (exact) mass is 272 g/mol. The number of hydrogen-bond acceptors (Lipinski definition) is 3. The summed E-state index contributed by atoms with van der Waals surface area (Å²) in [4.78, 5) is 23.5. The lowest BCUT2D eigenvalue weighted by Gasteiger charge is -2.26. The summed E-state index contributed by atoms with van der Waals surface area (Å²) in [6, 6.07) is 6.71. The van der Waals surface area contributed by atoms with E-state index in [2.05, 4.69) is 11.2 Å². The quantitative estimate of drug-likeness (QED) is 0.773. The van der Waals surface area contributed by atoms with Crippen LogP contribution in [0.3, 0.4) is 0 Å². The third kappa shape index (κ3) is 2.98. The highest BCUT2D eigenvalue weighted by atomic mass is 16.5. The first-order valence-electron chi connectivity index (χ1n) is 6.36. The molecule has 20 heavy (non-hydrogen) atoms. The number of carbonyl (C=O) groups excluding carboxylic acids is 2. The van der Waals surface area contributed by atoms with Crippen molar-refractivity contribution in [3.05, 3.63) is 35.4 Å². The molecule has 0 saturated carbocycles. The van der Waals surface area contributed by atoms with Gasteiger partial charge in [-0.2, -0.15) is 0 Å². The number of fused-ring (bicyclic) bond motifs is 1. The highest BCUT2D eigenvalue weighted by Crippen LogP contribution is 2.27. The SMILES string of the molecule is C#CC[C@@H](NC(=O)[C@H]1OCCc2ccccc21)C(N)=O. The second-order valence-electron chi connectivity index (χ2n) is 4.57. The predicted octanol–water partition coefficient (Wildman–Crippen LogP) is 0.294. The number of benzene rings is 1. The Balaban J connectivity index is 2.14. The molecule has 5 heteroatoms. The Morgan fingerprint density at radius 3 is 2.95 bits per heavy atom. The van der Waals surface area contributed by atoms with E-state index >= 15 is 0 Å². The number of nitrogens with one attached hydrogen (secondary N) is 1. The highest BCUT2D eigenvalue weighted by molar-refractivity contribution is 5.89. The molecule has 0 unspecified atom stereocenters. The summed E-state index contributed by atoms with van der Waals surface area (Å²) in [5.41, 5.74) is 7.10. The number of nitrogens with two attached hydrogens (primary N) is 1. The fourth-order valence-electron chi connectivity index (χ4n) is 2.20. The molecule has 1 aromatic rings. The summed E-state index contributed by atoms with van der Waals surface area (Å²) in [5, 5.41) is 2.55. The van der Waals surface area contributed by atoms with Gasteiger partial charge in [-0.3, -0.25) is 9.59 Å². The second-order valence-corrected chi connectivity index (χ2v) is 4.57. The van der Waals surface area contributed by atoms with Crippen molar-refractivity contribution in [3.63, 3.8) is 0 Å². The van der Waals surface area contributed by atoms with E-state index in [1.807, 2.05) is 24.3 Å². The van der Waals surface area contributed by atoms with E-state index in [1.54, 1.807) is 0 Å². The average molecular weight is 272 g/mol. The van der Waals surface area contributed by atoms with Crippen molar-refractivity contribution in [1.29, 1.82) is 0 Å². The molecule has 104 valence electrons. The number of hydrogen-bond donors (Lipinski definition) is 2. The lowest BCUT2D eigenvalue weighted by Crippen LogP contribution is -2.46. The molecular weight excluding hydrogens is 256 g/mol. The molecule has 2 atom stereocenters. The van der Waals surface area contributed by atoms with Crippen LogP contribution in [0.15, 0.2) is 24.3 Å². The Bertz CT molecular complexity index is 562. The number of terminal acetylenes is 1. The average Bonchev–Trinajstić information content (AvgIpc) is 2.46. The molecule has 1 aromatic carbocycles. The van der Waals surface area contributed by atoms with Gasteiger partial charge in [-0.25, -0.2) is 0 Å². The largest absolute Gasteiger partial charge is 0.368 e. The van der Waals surface area contributed by atoms with Crippen LogP contribution < -0.4 is 11.1 Å². The van der Waals surface area contributed by atoms with Crippen molar-refractivity contribution in [2.75, 3.05) is 6.61 Å². The van der Waals surface area contributed by atoms with Gasteiger partial charge in [0.1, 0.15) is 6.04 Å². The van der Waals surface area contributed by atoms with E-state index in [-0.39, 0.29) is 6.42 Å². The van der Waals surface area contributed by atoms with Gasteiger partial charge < -0.3 is 15.8 Å². The first-order valence-corrected chi connectivity index (χ1v) is 6.36. The van der Waals surface area contributed by atoms with Crippen molar-refractivity contribution >= 4 is 11.8 Å². The first kappa shape index (κ1) is 14.1. The Kier molecular flexibility index (Phi) is 4.38. The predicted molar refractivity (Wildman–Crippen MR) is 73.4 cm³/mol. The molecule has 0 aromatic heterocycles. The van der Waals surface area contributed by atoms with Crippen molar-refractivity contribution in [2.45, 2.75) is 25.0 Å². The molecule has 0 radical (unpaired) electrons. The highest BCUT2D eigenvalue weighted by Gasteiger charge is 2.29. The summed E-state index contributed by atoms with van der Waals surface area (Å²) in [6.45, 7) is 0.464. The normalized spacial score (nSPS) is 18.4. The van der Waals surface area contributed by atoms with Gasteiger partial charge in [0.15, 0.2) is 6.10 Å². The maximum atomic E-state index is 12.2. The molecule has 2 rings (SSSR count). The molecule has 3 N–H and O–H groups in total. The molecule has 1 aliphatic rings. The van der Waals surface area contributed by atoms with E-state index in [0.717, 1.165) is 17.5 Å². The first-order chi connectivity index (χ1) is 9.63. The van der Waals surface area contributed by atoms with Crippen LogP contribution in [-0.2, 0) is 20.7 Å². The Labute approximate surface area is 117 Å². The molecule has 1 heterocycles. The molecule has 0 fully saturated rings. The third-order valence-corrected chi connectivity index (χ3v) is 3.21. The van der Waals surface area contributed by atoms with Crippen LogP contribution in [-0.4, -0.2) is 24.5 Å². The number of primary amides is 1. The third-order valence-electron chi connectivity index (χ3n) is 3.21. The molecule has 0 saturated heterocycles. The van der Waals surface area contributed by atoms with Gasteiger partial charge >= 0.3 is 0 Å². The van der Waals surface area contributed by atoms with E-state index in [0.29, 0.717) is 6.61 Å². The van der Waals surface area contributed by atoms with Crippen LogP contribution in [0.5, 0.6) is 0 Å². The number of rotatable bonds is 4. The molecule has 0 bridgehead atoms. The summed E-state index contributed by atoms with van der Waals surface area (Å²) in [7, 11) is 0. The minimum atomic E-state index is -0.870. The molecule has 0 spiro atoms. The fourth-order valence-corrected chi connectivity index (χ4v) is 2.20. The fraction of sp³-hybridized carbons (Fsp3) is 0.333. The Morgan fingerprint density at radius 2 is 2.25 bits per heavy atom. The smallest absolute Gasteiger partial charge is 0.254 e. The zero-order valence-corrected chi connectivity index (χ0v) is 11.0. The summed E-state index contributed by atoms with van der Waals surface area (Å²) >= 11 is 0. The van der Waals surface area contributed by atoms with Gasteiger partial charge in [0, 0.05) is 6.42 Å². The molecule has 5 nitrogen and oxygen atoms in total. The molecular formula is C15H16N2O3. The van der Waals surface area contributed by atoms with Crippen molar-refractivity contribution < 1.29 is 14.3 Å². The van der Waals surface area contributed by atoms with Crippen LogP contribution in [0.4, 0.5) is 0 Å². The summed E-state index contributed by atoms with van der Waals surface area (Å²) in [6.07, 6.45) is 5.27. The van der Waals surface area contributed by atoms with Gasteiger partial charge in [0.05, 0.1) is 6.61 Å². The number of amides is 2. The number of ether oxygens (including phenoxy) is 1. The van der Waals surface area contributed by atoms with Gasteiger partial charge in [-0.1, -0.05) is 24.3 Å². The lowest BCUT2D eigenvalue weighted by atomic mass is 9.97. The maximum Gasteiger partial charge on any atom is 0.254 e. The second kappa shape index (κ2) is 6.22. The lowest BCUT2D eigenvalue weighted by molar-refractivity contribution is -0.137. The van der Waals surface area contributed by atoms with Crippen molar-refractivity contribution in [2.24, 2.45) is 5.73 Å². The zero-order valence-electron chi connectivity index (χ0n) is 11.0. The van der Waals surface area contributed by atoms with Crippen LogP contribution in [0.2, 0.25) is 0 Å². The molecule has 1 aliphatic heterocycles. The standard InChI is InChI=1S/C15H16N2O3/c1-2-5-12(14(16)18)17-15(19)13-11-7-4-3-6-10(11)8-9-20-13/h1,3-4,6-7,12-13H,5,8-9H2,(H2,16,18)(H,17,19)/t12-,13+/m1/s1. The van der Waals surface area contributed by atoms with E-state index in [9.17, 15) is 9.59 Å². The molecule has 2 amide bonds. The van der Waals surface area contributed by atoms with Crippen LogP contribution in [0.25, 0.3) is 0 Å². The van der Waals surface area contributed by atoms with Crippen LogP contribution in [0, 0.1) is 12.3 Å².